The Labute approximate surface area is 95.3 Å². The average molecular weight is 251 g/mol. The maximum atomic E-state index is 12.5. The van der Waals surface area contributed by atoms with Crippen LogP contribution in [0.3, 0.4) is 0 Å². The van der Waals surface area contributed by atoms with Crippen molar-refractivity contribution in [3.05, 3.63) is 41.7 Å². The molecule has 0 aliphatic carbocycles. The normalized spacial score (nSPS) is 9.29. The van der Waals surface area contributed by atoms with Crippen molar-refractivity contribution in [3.8, 4) is 5.75 Å². The van der Waals surface area contributed by atoms with Crippen molar-refractivity contribution in [2.24, 2.45) is 5.73 Å². The summed E-state index contributed by atoms with van der Waals surface area (Å²) < 4.78 is 65.3. The fraction of sp³-hybridized carbons (Fsp3) is 0.111. The van der Waals surface area contributed by atoms with Crippen LogP contribution in [0.25, 0.3) is 0 Å². The smallest absolute Gasteiger partial charge is 0.374 e. The molecule has 0 aromatic heterocycles. The van der Waals surface area contributed by atoms with Crippen LogP contribution in [0, 0.1) is 29.1 Å². The largest absolute Gasteiger partial charge is 0.564 e. The number of hydrogen-bond acceptors (Lipinski definition) is 2. The summed E-state index contributed by atoms with van der Waals surface area (Å²) in [6, 6.07) is 0. The zero-order valence-electron chi connectivity index (χ0n) is 8.44. The minimum atomic E-state index is -2.25. The van der Waals surface area contributed by atoms with Crippen molar-refractivity contribution in [2.75, 3.05) is 6.54 Å². The minimum absolute atomic E-state index is 0.583. The summed E-state index contributed by atoms with van der Waals surface area (Å²) in [4.78, 5) is 0. The molecule has 0 aliphatic rings. The number of benzene rings is 1. The van der Waals surface area contributed by atoms with Crippen molar-refractivity contribution in [3.63, 3.8) is 0 Å². The monoisotopic (exact) mass is 251 g/mol. The second-order valence-corrected chi connectivity index (χ2v) is 2.54. The second kappa shape index (κ2) is 6.90. The van der Waals surface area contributed by atoms with Crippen LogP contribution in [0.1, 0.15) is 0 Å². The van der Waals surface area contributed by atoms with Gasteiger partial charge in [0, 0.05) is 6.54 Å². The molecule has 2 nitrogen and oxygen atoms in total. The molecule has 8 heteroatoms. The third kappa shape index (κ3) is 3.45. The average Bonchev–Trinajstić information content (AvgIpc) is 2.35. The van der Waals surface area contributed by atoms with E-state index in [1.165, 1.54) is 0 Å². The predicted molar refractivity (Wildman–Crippen MR) is 51.9 cm³/mol. The molecule has 92 valence electrons. The predicted octanol–water partition coefficient (Wildman–Crippen LogP) is 1.98. The van der Waals surface area contributed by atoms with E-state index >= 15 is 0 Å². The van der Waals surface area contributed by atoms with Gasteiger partial charge < -0.3 is 10.4 Å². The molecule has 0 unspecified atom stereocenters. The summed E-state index contributed by atoms with van der Waals surface area (Å²) in [7, 11) is 4.30. The number of nitrogens with two attached hydrogens (primary N) is 1. The molecule has 0 heterocycles. The summed E-state index contributed by atoms with van der Waals surface area (Å²) in [5.41, 5.74) is 4.91. The van der Waals surface area contributed by atoms with E-state index in [1.54, 1.807) is 6.08 Å². The Morgan fingerprint density at radius 3 is 1.53 bits per heavy atom. The first-order valence-electron chi connectivity index (χ1n) is 4.11. The van der Waals surface area contributed by atoms with Crippen LogP contribution in [0.2, 0.25) is 0 Å². The van der Waals surface area contributed by atoms with Crippen LogP contribution in [0.5, 0.6) is 5.75 Å². The van der Waals surface area contributed by atoms with Gasteiger partial charge in [0.2, 0.25) is 29.1 Å². The van der Waals surface area contributed by atoms with E-state index < -0.39 is 34.8 Å². The van der Waals surface area contributed by atoms with Crippen LogP contribution < -0.4 is 10.4 Å². The second-order valence-electron chi connectivity index (χ2n) is 2.54. The Balaban J connectivity index is 0.000000557. The molecule has 1 aromatic carbocycles. The van der Waals surface area contributed by atoms with Gasteiger partial charge in [-0.1, -0.05) is 6.08 Å². The Hall–Kier alpha value is -1.57. The topological polar surface area (TPSA) is 35.2 Å². The molecule has 0 saturated carbocycles. The molecule has 2 N–H and O–H groups in total. The number of rotatable bonds is 2. The van der Waals surface area contributed by atoms with Crippen LogP contribution in [-0.4, -0.2) is 14.6 Å². The molecule has 1 rings (SSSR count). The van der Waals surface area contributed by atoms with E-state index in [2.05, 4.69) is 19.3 Å². The standard InChI is InChI=1S/C6BF5O.C3H7N/c7-13-6-4(11)2(9)1(8)3(10)5(6)12;1-2-3-4/h;2H,1,3-4H2. The molecule has 0 bridgehead atoms. The van der Waals surface area contributed by atoms with Gasteiger partial charge in [-0.05, 0) is 0 Å². The lowest BCUT2D eigenvalue weighted by molar-refractivity contribution is 0.352. The molecular weight excluding hydrogens is 244 g/mol. The van der Waals surface area contributed by atoms with Crippen LogP contribution in [0.15, 0.2) is 12.7 Å². The molecule has 1 aromatic rings. The third-order valence-corrected chi connectivity index (χ3v) is 1.45. The van der Waals surface area contributed by atoms with Gasteiger partial charge in [-0.3, -0.25) is 0 Å². The Bertz CT molecular complexity index is 384. The molecule has 17 heavy (non-hydrogen) atoms. The van der Waals surface area contributed by atoms with Crippen molar-refractivity contribution < 1.29 is 26.6 Å². The maximum Gasteiger partial charge on any atom is 0.374 e. The van der Waals surface area contributed by atoms with Gasteiger partial charge in [0.15, 0.2) is 5.75 Å². The summed E-state index contributed by atoms with van der Waals surface area (Å²) in [6.45, 7) is 3.94. The molecular formula is C9H7BF5NO. The van der Waals surface area contributed by atoms with Crippen molar-refractivity contribution in [2.45, 2.75) is 0 Å². The molecule has 0 fully saturated rings. The third-order valence-electron chi connectivity index (χ3n) is 1.45. The number of halogens is 5. The van der Waals surface area contributed by atoms with E-state index in [1.807, 2.05) is 0 Å². The Morgan fingerprint density at radius 2 is 1.29 bits per heavy atom. The first-order chi connectivity index (χ1) is 7.92. The molecule has 0 spiro atoms. The van der Waals surface area contributed by atoms with Gasteiger partial charge in [-0.15, -0.1) is 6.58 Å². The van der Waals surface area contributed by atoms with Crippen molar-refractivity contribution in [1.29, 1.82) is 0 Å². The van der Waals surface area contributed by atoms with Gasteiger partial charge in [0.05, 0.1) is 0 Å². The van der Waals surface area contributed by atoms with Gasteiger partial charge in [0.25, 0.3) is 0 Å². The zero-order valence-corrected chi connectivity index (χ0v) is 8.44. The summed E-state index contributed by atoms with van der Waals surface area (Å²) in [5, 5.41) is 0. The highest BCUT2D eigenvalue weighted by atomic mass is 19.2. The van der Waals surface area contributed by atoms with Crippen LogP contribution in [-0.2, 0) is 0 Å². The summed E-state index contributed by atoms with van der Waals surface area (Å²) >= 11 is 0. The minimum Gasteiger partial charge on any atom is -0.564 e. The van der Waals surface area contributed by atoms with Crippen molar-refractivity contribution >= 4 is 8.05 Å². The molecule has 0 atom stereocenters. The lowest BCUT2D eigenvalue weighted by Crippen LogP contribution is -2.04. The van der Waals surface area contributed by atoms with Crippen LogP contribution >= 0.6 is 0 Å². The highest BCUT2D eigenvalue weighted by Gasteiger charge is 2.25. The van der Waals surface area contributed by atoms with Gasteiger partial charge >= 0.3 is 8.05 Å². The van der Waals surface area contributed by atoms with E-state index in [-0.39, 0.29) is 0 Å². The van der Waals surface area contributed by atoms with Gasteiger partial charge in [0.1, 0.15) is 0 Å². The lowest BCUT2D eigenvalue weighted by atomic mass is 10.2. The fourth-order valence-electron chi connectivity index (χ4n) is 0.688. The summed E-state index contributed by atoms with van der Waals surface area (Å²) in [5.74, 6) is -12.1. The fourth-order valence-corrected chi connectivity index (χ4v) is 0.688. The van der Waals surface area contributed by atoms with E-state index in [9.17, 15) is 22.0 Å². The molecule has 0 saturated heterocycles. The summed E-state index contributed by atoms with van der Waals surface area (Å²) in [6.07, 6.45) is 1.65. The quantitative estimate of drug-likeness (QED) is 0.287. The zero-order chi connectivity index (χ0) is 13.6. The van der Waals surface area contributed by atoms with Gasteiger partial charge in [-0.25, -0.2) is 13.2 Å². The highest BCUT2D eigenvalue weighted by molar-refractivity contribution is 6.00. The maximum absolute atomic E-state index is 12.5. The molecule has 0 aliphatic heterocycles. The first-order valence-corrected chi connectivity index (χ1v) is 4.11. The highest BCUT2D eigenvalue weighted by Crippen LogP contribution is 2.28. The van der Waals surface area contributed by atoms with Crippen LogP contribution in [0.4, 0.5) is 22.0 Å². The van der Waals surface area contributed by atoms with E-state index in [4.69, 9.17) is 5.73 Å². The van der Waals surface area contributed by atoms with Crippen molar-refractivity contribution in [1.82, 2.24) is 0 Å². The van der Waals surface area contributed by atoms with E-state index in [0.717, 1.165) is 0 Å². The molecule has 2 radical (unpaired) electrons. The Morgan fingerprint density at radius 1 is 1.00 bits per heavy atom. The van der Waals surface area contributed by atoms with E-state index in [0.29, 0.717) is 6.54 Å². The first kappa shape index (κ1) is 15.4. The Kier molecular flexibility index (Phi) is 6.26. The SMILES string of the molecule is C=CCN.[B]Oc1c(F)c(F)c(F)c(F)c1F. The number of hydrogen-bond donors (Lipinski definition) is 1. The lowest BCUT2D eigenvalue weighted by Gasteiger charge is -2.06. The van der Waals surface area contributed by atoms with Gasteiger partial charge in [-0.2, -0.15) is 8.78 Å². The molecule has 0 amide bonds.